The van der Waals surface area contributed by atoms with E-state index in [0.29, 0.717) is 40.5 Å². The Hall–Kier alpha value is -13.8. The van der Waals surface area contributed by atoms with E-state index in [-0.39, 0.29) is 5.91 Å². The third kappa shape index (κ3) is 13.5. The highest BCUT2D eigenvalue weighted by molar-refractivity contribution is 6.17. The van der Waals surface area contributed by atoms with Gasteiger partial charge in [-0.05, 0) is 74.3 Å². The van der Waals surface area contributed by atoms with Crippen molar-refractivity contribution in [2.24, 2.45) is 0 Å². The first-order valence-electron chi connectivity index (χ1n) is 33.6. The number of nitrogens with zero attached hydrogens (tertiary/aromatic N) is 7. The quantitative estimate of drug-likeness (QED) is 0.107. The number of hydrogen-bond acceptors (Lipinski definition) is 8. The van der Waals surface area contributed by atoms with Crippen molar-refractivity contribution in [2.75, 3.05) is 5.32 Å². The maximum absolute atomic E-state index is 13.1. The molecule has 0 saturated carbocycles. The van der Waals surface area contributed by atoms with Gasteiger partial charge in [-0.25, -0.2) is 34.9 Å². The second-order valence-corrected chi connectivity index (χ2v) is 24.4. The fourth-order valence-corrected chi connectivity index (χ4v) is 12.8. The molecule has 0 radical (unpaired) electrons. The molecule has 0 aliphatic heterocycles. The molecule has 3 aromatic heterocycles. The Morgan fingerprint density at radius 3 is 0.941 bits per heavy atom. The zero-order valence-corrected chi connectivity index (χ0v) is 54.8. The molecule has 0 saturated heterocycles. The normalized spacial score (nSPS) is 11.0. The molecular weight excluding hydrogens is 1230 g/mol. The third-order valence-electron chi connectivity index (χ3n) is 17.9. The Morgan fingerprint density at radius 2 is 0.505 bits per heavy atom. The van der Waals surface area contributed by atoms with Crippen molar-refractivity contribution in [3.05, 3.63) is 376 Å². The zero-order chi connectivity index (χ0) is 67.7. The topological polar surface area (TPSA) is 119 Å². The van der Waals surface area contributed by atoms with Crippen molar-refractivity contribution in [2.45, 2.75) is 0 Å². The number of aromatic nitrogens is 7. The number of carbonyl (C=O) groups is 1. The predicted molar refractivity (Wildman–Crippen MR) is 412 cm³/mol. The Labute approximate surface area is 585 Å². The molecule has 1 N–H and O–H groups in total. The first-order valence-corrected chi connectivity index (χ1v) is 33.6. The van der Waals surface area contributed by atoms with Gasteiger partial charge in [0.25, 0.3) is 5.91 Å². The Balaban J connectivity index is 0.000000157. The van der Waals surface area contributed by atoms with Crippen LogP contribution in [0.4, 0.5) is 5.69 Å². The molecule has 3 heterocycles. The maximum atomic E-state index is 13.1. The smallest absolute Gasteiger partial charge is 0.255 e. The van der Waals surface area contributed by atoms with Gasteiger partial charge in [0.1, 0.15) is 0 Å². The van der Waals surface area contributed by atoms with Crippen molar-refractivity contribution in [3.8, 4) is 135 Å². The third-order valence-corrected chi connectivity index (χ3v) is 17.9. The molecule has 0 spiro atoms. The summed E-state index contributed by atoms with van der Waals surface area (Å²) in [5.41, 5.74) is 21.1. The minimum Gasteiger partial charge on any atom is -0.321 e. The number of carbonyl (C=O) groups excluding carboxylic acids is 1. The number of rotatable bonds is 14. The number of fused-ring (bicyclic) bond motifs is 3. The van der Waals surface area contributed by atoms with Crippen LogP contribution in [0.25, 0.3) is 157 Å². The summed E-state index contributed by atoms with van der Waals surface area (Å²) in [6.07, 6.45) is 0. The van der Waals surface area contributed by atoms with Gasteiger partial charge in [-0.1, -0.05) is 346 Å². The number of amides is 1. The van der Waals surface area contributed by atoms with E-state index in [9.17, 15) is 4.79 Å². The van der Waals surface area contributed by atoms with E-state index in [1.165, 1.54) is 16.5 Å². The Morgan fingerprint density at radius 1 is 0.208 bits per heavy atom. The monoisotopic (exact) mass is 1290 g/mol. The fraction of sp³-hybridized carbons (Fsp3) is 0. The first-order chi connectivity index (χ1) is 50.0. The standard InChI is InChI=1S/C46H32N4O.C46H30N4/c51-46(38-18-8-3-9-19-38)47-42-23-13-12-22-41(42)40-21-11-10-20-39(40)34-28-24-32(25-29-34)33-26-30-37(31-27-33)45-49-43(35-14-4-1-5-15-35)48-44(50-45)36-16-6-2-7-17-36;1-4-13-34(14-5-1)43-40-21-12-20-38(42(40)39-19-10-11-22-41(39)47-43)33-27-23-31(24-28-33)32-25-29-37(30-26-32)46-49-44(35-15-6-2-7-16-35)48-45(50-46)36-17-8-3-9-18-36/h1-31H,(H,47,51);1-30H. The molecule has 0 aliphatic carbocycles. The molecule has 0 aliphatic rings. The Kier molecular flexibility index (Phi) is 17.5. The van der Waals surface area contributed by atoms with Crippen LogP contribution < -0.4 is 5.32 Å². The van der Waals surface area contributed by atoms with Crippen LogP contribution in [0.3, 0.4) is 0 Å². The van der Waals surface area contributed by atoms with Crippen LogP contribution in [0.15, 0.2) is 370 Å². The summed E-state index contributed by atoms with van der Waals surface area (Å²) in [5.74, 6) is 3.72. The summed E-state index contributed by atoms with van der Waals surface area (Å²) in [5, 5.41) is 6.64. The number of anilines is 1. The maximum Gasteiger partial charge on any atom is 0.255 e. The van der Waals surface area contributed by atoms with Gasteiger partial charge in [-0.15, -0.1) is 0 Å². The van der Waals surface area contributed by atoms with Crippen LogP contribution >= 0.6 is 0 Å². The highest BCUT2D eigenvalue weighted by Crippen LogP contribution is 2.41. The largest absolute Gasteiger partial charge is 0.321 e. The molecule has 1 amide bonds. The lowest BCUT2D eigenvalue weighted by Crippen LogP contribution is -2.12. The molecule has 0 bridgehead atoms. The summed E-state index contributed by atoms with van der Waals surface area (Å²) in [4.78, 5) is 47.3. The molecule has 101 heavy (non-hydrogen) atoms. The number of pyridine rings is 1. The van der Waals surface area contributed by atoms with Gasteiger partial charge in [0, 0.05) is 71.9 Å². The fourth-order valence-electron chi connectivity index (χ4n) is 12.8. The minimum absolute atomic E-state index is 0.139. The summed E-state index contributed by atoms with van der Waals surface area (Å²) in [7, 11) is 0. The van der Waals surface area contributed by atoms with E-state index in [0.717, 1.165) is 111 Å². The minimum atomic E-state index is -0.139. The second kappa shape index (κ2) is 28.5. The van der Waals surface area contributed by atoms with Crippen LogP contribution in [0.1, 0.15) is 10.4 Å². The van der Waals surface area contributed by atoms with E-state index in [4.69, 9.17) is 34.9 Å². The van der Waals surface area contributed by atoms with Gasteiger partial charge in [-0.3, -0.25) is 4.79 Å². The molecule has 9 heteroatoms. The first kappa shape index (κ1) is 62.1. The van der Waals surface area contributed by atoms with Gasteiger partial charge in [-0.2, -0.15) is 0 Å². The molecule has 0 unspecified atom stereocenters. The highest BCUT2D eigenvalue weighted by atomic mass is 16.1. The van der Waals surface area contributed by atoms with Crippen LogP contribution in [0.2, 0.25) is 0 Å². The lowest BCUT2D eigenvalue weighted by atomic mass is 9.92. The van der Waals surface area contributed by atoms with Crippen molar-refractivity contribution in [3.63, 3.8) is 0 Å². The van der Waals surface area contributed by atoms with Crippen LogP contribution in [-0.4, -0.2) is 40.8 Å². The molecule has 14 aromatic carbocycles. The van der Waals surface area contributed by atoms with Crippen molar-refractivity contribution < 1.29 is 4.79 Å². The predicted octanol–water partition coefficient (Wildman–Crippen LogP) is 22.7. The number of nitrogens with one attached hydrogen (secondary N) is 1. The molecule has 476 valence electrons. The summed E-state index contributed by atoms with van der Waals surface area (Å²) >= 11 is 0. The van der Waals surface area contributed by atoms with Crippen LogP contribution in [-0.2, 0) is 0 Å². The van der Waals surface area contributed by atoms with E-state index in [1.54, 1.807) is 0 Å². The summed E-state index contributed by atoms with van der Waals surface area (Å²) in [6, 6.07) is 125. The molecule has 0 atom stereocenters. The number of para-hydroxylation sites is 2. The van der Waals surface area contributed by atoms with Crippen molar-refractivity contribution in [1.29, 1.82) is 0 Å². The van der Waals surface area contributed by atoms with Gasteiger partial charge >= 0.3 is 0 Å². The van der Waals surface area contributed by atoms with Crippen LogP contribution in [0.5, 0.6) is 0 Å². The Bertz CT molecular complexity index is 5640. The van der Waals surface area contributed by atoms with Crippen LogP contribution in [0, 0.1) is 0 Å². The molecule has 0 fully saturated rings. The molecule has 9 nitrogen and oxygen atoms in total. The second-order valence-electron chi connectivity index (χ2n) is 24.4. The van der Waals surface area contributed by atoms with Gasteiger partial charge < -0.3 is 5.32 Å². The van der Waals surface area contributed by atoms with E-state index in [1.807, 2.05) is 194 Å². The molecule has 17 aromatic rings. The average molecular weight is 1300 g/mol. The SMILES string of the molecule is O=C(Nc1ccccc1-c1ccccc1-c1ccc(-c2ccc(-c3nc(-c4ccccc4)nc(-c4ccccc4)n3)cc2)cc1)c1ccccc1.c1ccc(-c2nc(-c3ccccc3)nc(-c3ccc(-c4ccc(-c5cccc6c(-c7ccccc7)nc7ccccc7c56)cc4)cc3)n2)cc1. The lowest BCUT2D eigenvalue weighted by molar-refractivity contribution is 0.102. The van der Waals surface area contributed by atoms with Gasteiger partial charge in [0.2, 0.25) is 0 Å². The summed E-state index contributed by atoms with van der Waals surface area (Å²) in [6.45, 7) is 0. The van der Waals surface area contributed by atoms with Gasteiger partial charge in [0.15, 0.2) is 34.9 Å². The van der Waals surface area contributed by atoms with Crippen molar-refractivity contribution in [1.82, 2.24) is 34.9 Å². The van der Waals surface area contributed by atoms with Gasteiger partial charge in [0.05, 0.1) is 11.2 Å². The number of hydrogen-bond donors (Lipinski definition) is 1. The van der Waals surface area contributed by atoms with E-state index >= 15 is 0 Å². The lowest BCUT2D eigenvalue weighted by Gasteiger charge is -2.15. The average Bonchev–Trinajstić information content (AvgIpc) is 0.751. The molecule has 17 rings (SSSR count). The molecular formula is C92H62N8O. The van der Waals surface area contributed by atoms with Crippen molar-refractivity contribution >= 4 is 33.3 Å². The van der Waals surface area contributed by atoms with E-state index in [2.05, 4.69) is 181 Å². The number of benzene rings is 14. The van der Waals surface area contributed by atoms with E-state index < -0.39 is 0 Å². The zero-order valence-electron chi connectivity index (χ0n) is 54.8. The highest BCUT2D eigenvalue weighted by Gasteiger charge is 2.19. The summed E-state index contributed by atoms with van der Waals surface area (Å²) < 4.78 is 0.